The first-order valence-corrected chi connectivity index (χ1v) is 4.02. The molecule has 0 spiro atoms. The van der Waals surface area contributed by atoms with Gasteiger partial charge in [0.1, 0.15) is 5.54 Å². The average molecular weight is 167 g/mol. The maximum atomic E-state index is 11.4. The molecule has 0 aliphatic carbocycles. The summed E-state index contributed by atoms with van der Waals surface area (Å²) in [6.45, 7) is 0.925. The summed E-state index contributed by atoms with van der Waals surface area (Å²) in [5, 5.41) is 0. The Kier molecular flexibility index (Phi) is 2.85. The molecule has 0 aromatic carbocycles. The largest absolute Gasteiger partial charge is 0.379 e. The number of hydrogen-bond donors (Lipinski definition) is 1. The van der Waals surface area contributed by atoms with Crippen LogP contribution in [0.1, 0.15) is 19.3 Å². The molecule has 3 nitrogen and oxygen atoms in total. The first kappa shape index (κ1) is 9.24. The van der Waals surface area contributed by atoms with Crippen molar-refractivity contribution in [2.75, 3.05) is 13.2 Å². The van der Waals surface area contributed by atoms with Crippen LogP contribution in [-0.2, 0) is 9.53 Å². The van der Waals surface area contributed by atoms with Crippen LogP contribution in [0.2, 0.25) is 0 Å². The van der Waals surface area contributed by atoms with Gasteiger partial charge in [-0.05, 0) is 6.42 Å². The van der Waals surface area contributed by atoms with E-state index in [2.05, 4.69) is 5.92 Å². The fraction of sp³-hybridized carbons (Fsp3) is 0.667. The molecule has 1 aliphatic heterocycles. The van der Waals surface area contributed by atoms with Crippen molar-refractivity contribution in [3.8, 4) is 12.3 Å². The van der Waals surface area contributed by atoms with Crippen molar-refractivity contribution >= 4 is 5.78 Å². The van der Waals surface area contributed by atoms with Gasteiger partial charge in [0.25, 0.3) is 0 Å². The highest BCUT2D eigenvalue weighted by molar-refractivity contribution is 5.88. The first-order chi connectivity index (χ1) is 5.69. The molecule has 1 unspecified atom stereocenters. The number of nitrogens with two attached hydrogens (primary N) is 1. The van der Waals surface area contributed by atoms with Gasteiger partial charge in [-0.3, -0.25) is 4.79 Å². The van der Waals surface area contributed by atoms with E-state index < -0.39 is 5.54 Å². The summed E-state index contributed by atoms with van der Waals surface area (Å²) in [6.07, 6.45) is 6.51. The van der Waals surface area contributed by atoms with E-state index in [1.165, 1.54) is 0 Å². The number of carbonyl (C=O) groups excluding carboxylic acids is 1. The normalized spacial score (nSPS) is 28.3. The fourth-order valence-electron chi connectivity index (χ4n) is 1.24. The zero-order chi connectivity index (χ0) is 9.03. The third-order valence-corrected chi connectivity index (χ3v) is 2.10. The Morgan fingerprint density at radius 1 is 1.75 bits per heavy atom. The minimum Gasteiger partial charge on any atom is -0.379 e. The third kappa shape index (κ3) is 1.84. The summed E-state index contributed by atoms with van der Waals surface area (Å²) in [7, 11) is 0. The smallest absolute Gasteiger partial charge is 0.156 e. The molecule has 1 atom stereocenters. The molecule has 66 valence electrons. The van der Waals surface area contributed by atoms with Crippen LogP contribution in [0.5, 0.6) is 0 Å². The second kappa shape index (κ2) is 3.70. The Bertz CT molecular complexity index is 211. The lowest BCUT2D eigenvalue weighted by Gasteiger charge is -2.18. The molecule has 0 aromatic rings. The third-order valence-electron chi connectivity index (χ3n) is 2.10. The number of ketones is 1. The number of carbonyl (C=O) groups is 1. The van der Waals surface area contributed by atoms with Gasteiger partial charge in [-0.25, -0.2) is 0 Å². The lowest BCUT2D eigenvalue weighted by atomic mass is 9.92. The van der Waals surface area contributed by atoms with Gasteiger partial charge in [0.2, 0.25) is 0 Å². The molecule has 0 bridgehead atoms. The summed E-state index contributed by atoms with van der Waals surface area (Å²) >= 11 is 0. The van der Waals surface area contributed by atoms with Crippen LogP contribution in [0.25, 0.3) is 0 Å². The fourth-order valence-corrected chi connectivity index (χ4v) is 1.24. The Balaban J connectivity index is 2.45. The molecular weight excluding hydrogens is 154 g/mol. The first-order valence-electron chi connectivity index (χ1n) is 4.02. The van der Waals surface area contributed by atoms with Crippen LogP contribution in [-0.4, -0.2) is 24.5 Å². The summed E-state index contributed by atoms with van der Waals surface area (Å²) in [4.78, 5) is 11.4. The van der Waals surface area contributed by atoms with Gasteiger partial charge in [0, 0.05) is 19.4 Å². The highest BCUT2D eigenvalue weighted by Crippen LogP contribution is 2.18. The molecule has 1 fully saturated rings. The van der Waals surface area contributed by atoms with Crippen molar-refractivity contribution in [1.29, 1.82) is 0 Å². The summed E-state index contributed by atoms with van der Waals surface area (Å²) < 4.78 is 5.06. The van der Waals surface area contributed by atoms with Crippen molar-refractivity contribution in [2.45, 2.75) is 24.8 Å². The van der Waals surface area contributed by atoms with Crippen LogP contribution in [0, 0.1) is 12.3 Å². The predicted octanol–water partition coefficient (Wildman–Crippen LogP) is 0.0867. The summed E-state index contributed by atoms with van der Waals surface area (Å²) in [6, 6.07) is 0. The highest BCUT2D eigenvalue weighted by atomic mass is 16.5. The molecule has 1 rings (SSSR count). The van der Waals surface area contributed by atoms with E-state index in [4.69, 9.17) is 16.9 Å². The van der Waals surface area contributed by atoms with E-state index in [9.17, 15) is 4.79 Å². The second-order valence-electron chi connectivity index (χ2n) is 3.09. The molecule has 1 aliphatic rings. The minimum absolute atomic E-state index is 0.0259. The lowest BCUT2D eigenvalue weighted by Crippen LogP contribution is -2.48. The topological polar surface area (TPSA) is 52.3 Å². The number of terminal acetylenes is 1. The van der Waals surface area contributed by atoms with Crippen LogP contribution in [0.3, 0.4) is 0 Å². The molecule has 0 radical (unpaired) electrons. The minimum atomic E-state index is -0.753. The molecule has 0 aromatic heterocycles. The van der Waals surface area contributed by atoms with Gasteiger partial charge < -0.3 is 10.5 Å². The van der Waals surface area contributed by atoms with E-state index in [0.29, 0.717) is 32.5 Å². The zero-order valence-corrected chi connectivity index (χ0v) is 7.01. The molecule has 0 saturated carbocycles. The van der Waals surface area contributed by atoms with Gasteiger partial charge in [-0.2, -0.15) is 0 Å². The Hall–Kier alpha value is -0.850. The molecule has 1 heterocycles. The molecule has 3 heteroatoms. The zero-order valence-electron chi connectivity index (χ0n) is 7.01. The van der Waals surface area contributed by atoms with Gasteiger partial charge >= 0.3 is 0 Å². The van der Waals surface area contributed by atoms with Gasteiger partial charge in [0.05, 0.1) is 6.61 Å². The van der Waals surface area contributed by atoms with Gasteiger partial charge in [0.15, 0.2) is 5.78 Å². The molecule has 1 saturated heterocycles. The number of hydrogen-bond acceptors (Lipinski definition) is 3. The van der Waals surface area contributed by atoms with Crippen molar-refractivity contribution in [3.05, 3.63) is 0 Å². The van der Waals surface area contributed by atoms with Crippen LogP contribution in [0.15, 0.2) is 0 Å². The van der Waals surface area contributed by atoms with Crippen molar-refractivity contribution in [3.63, 3.8) is 0 Å². The van der Waals surface area contributed by atoms with E-state index in [-0.39, 0.29) is 5.78 Å². The van der Waals surface area contributed by atoms with Crippen molar-refractivity contribution in [1.82, 2.24) is 0 Å². The second-order valence-corrected chi connectivity index (χ2v) is 3.09. The number of ether oxygens (including phenoxy) is 1. The average Bonchev–Trinajstić information content (AvgIpc) is 2.49. The lowest BCUT2D eigenvalue weighted by molar-refractivity contribution is -0.124. The Labute approximate surface area is 72.3 Å². The highest BCUT2D eigenvalue weighted by Gasteiger charge is 2.36. The van der Waals surface area contributed by atoms with Crippen LogP contribution < -0.4 is 5.73 Å². The maximum Gasteiger partial charge on any atom is 0.156 e. The monoisotopic (exact) mass is 167 g/mol. The summed E-state index contributed by atoms with van der Waals surface area (Å²) in [5.41, 5.74) is 5.05. The standard InChI is InChI=1S/C9H13NO2/c1-2-3-4-8(11)9(10)5-6-12-7-9/h1H,3-7,10H2. The molecule has 2 N–H and O–H groups in total. The maximum absolute atomic E-state index is 11.4. The molecular formula is C9H13NO2. The van der Waals surface area contributed by atoms with Gasteiger partial charge in [-0.1, -0.05) is 0 Å². The Morgan fingerprint density at radius 2 is 2.50 bits per heavy atom. The van der Waals surface area contributed by atoms with Gasteiger partial charge in [-0.15, -0.1) is 12.3 Å². The summed E-state index contributed by atoms with van der Waals surface area (Å²) in [5.74, 6) is 2.45. The van der Waals surface area contributed by atoms with Crippen molar-refractivity contribution in [2.24, 2.45) is 5.73 Å². The Morgan fingerprint density at radius 3 is 3.00 bits per heavy atom. The van der Waals surface area contributed by atoms with E-state index in [1.54, 1.807) is 0 Å². The van der Waals surface area contributed by atoms with Crippen molar-refractivity contribution < 1.29 is 9.53 Å². The SMILES string of the molecule is C#CCCC(=O)C1(N)CCOC1. The van der Waals surface area contributed by atoms with Crippen LogP contribution >= 0.6 is 0 Å². The molecule has 12 heavy (non-hydrogen) atoms. The number of rotatable bonds is 3. The quantitative estimate of drug-likeness (QED) is 0.606. The predicted molar refractivity (Wildman–Crippen MR) is 45.4 cm³/mol. The van der Waals surface area contributed by atoms with E-state index in [0.717, 1.165) is 0 Å². The van der Waals surface area contributed by atoms with E-state index >= 15 is 0 Å². The van der Waals surface area contributed by atoms with E-state index in [1.807, 2.05) is 0 Å². The van der Waals surface area contributed by atoms with Crippen LogP contribution in [0.4, 0.5) is 0 Å². The number of Topliss-reactive ketones (excluding diaryl/α,β-unsaturated/α-hetero) is 1. The molecule has 0 amide bonds.